The molecule has 1 aliphatic carbocycles. The summed E-state index contributed by atoms with van der Waals surface area (Å²) in [4.78, 5) is 4.08. The van der Waals surface area contributed by atoms with Crippen LogP contribution in [0, 0.1) is 0 Å². The second-order valence-corrected chi connectivity index (χ2v) is 7.18. The average Bonchev–Trinajstić information content (AvgIpc) is 3.18. The third-order valence-corrected chi connectivity index (χ3v) is 5.35. The van der Waals surface area contributed by atoms with Crippen LogP contribution >= 0.6 is 11.8 Å². The second-order valence-electron chi connectivity index (χ2n) is 5.60. The Kier molecular flexibility index (Phi) is 4.99. The van der Waals surface area contributed by atoms with Crippen LogP contribution in [0.25, 0.3) is 5.69 Å². The highest BCUT2D eigenvalue weighted by Crippen LogP contribution is 2.29. The van der Waals surface area contributed by atoms with Crippen molar-refractivity contribution < 1.29 is 0 Å². The summed E-state index contributed by atoms with van der Waals surface area (Å²) in [7, 11) is 0. The van der Waals surface area contributed by atoms with Crippen molar-refractivity contribution in [2.75, 3.05) is 5.75 Å². The number of nitrogens with zero attached hydrogens (tertiary/aromatic N) is 2. The van der Waals surface area contributed by atoms with E-state index in [1.807, 2.05) is 17.1 Å². The van der Waals surface area contributed by atoms with Crippen LogP contribution in [0.1, 0.15) is 31.7 Å². The molecule has 0 aliphatic heterocycles. The van der Waals surface area contributed by atoms with E-state index >= 15 is 0 Å². The van der Waals surface area contributed by atoms with Gasteiger partial charge in [-0.25, -0.2) is 4.98 Å². The molecule has 2 aromatic rings. The second kappa shape index (κ2) is 7.14. The number of aromatic nitrogens is 2. The fraction of sp³-hybridized carbons (Fsp3) is 0.471. The molecule has 0 saturated heterocycles. The van der Waals surface area contributed by atoms with E-state index in [9.17, 15) is 0 Å². The monoisotopic (exact) mass is 301 g/mol. The molecule has 1 N–H and O–H groups in total. The van der Waals surface area contributed by atoms with Crippen molar-refractivity contribution in [3.05, 3.63) is 48.5 Å². The minimum absolute atomic E-state index is 0.697. The zero-order valence-corrected chi connectivity index (χ0v) is 13.4. The van der Waals surface area contributed by atoms with Crippen LogP contribution in [0.3, 0.4) is 0 Å². The maximum absolute atomic E-state index is 4.08. The normalized spacial score (nSPS) is 21.8. The SMILES string of the molecule is CCSC1CCC(NCc2ccc(-n3ccnc3)cc2)C1. The van der Waals surface area contributed by atoms with E-state index in [0.717, 1.165) is 17.5 Å². The predicted octanol–water partition coefficient (Wildman–Crippen LogP) is 3.64. The number of nitrogens with one attached hydrogen (secondary N) is 1. The number of hydrogen-bond donors (Lipinski definition) is 1. The molecule has 1 saturated carbocycles. The molecule has 3 nitrogen and oxygen atoms in total. The lowest BCUT2D eigenvalue weighted by atomic mass is 10.2. The van der Waals surface area contributed by atoms with Gasteiger partial charge in [-0.05, 0) is 42.7 Å². The first-order valence-corrected chi connectivity index (χ1v) is 8.82. The van der Waals surface area contributed by atoms with E-state index in [4.69, 9.17) is 0 Å². The number of rotatable bonds is 6. The first kappa shape index (κ1) is 14.7. The molecule has 21 heavy (non-hydrogen) atoms. The Hall–Kier alpha value is -1.26. The molecule has 3 rings (SSSR count). The quantitative estimate of drug-likeness (QED) is 0.883. The van der Waals surface area contributed by atoms with Crippen molar-refractivity contribution in [2.24, 2.45) is 0 Å². The molecule has 0 radical (unpaired) electrons. The van der Waals surface area contributed by atoms with Crippen molar-refractivity contribution in [3.63, 3.8) is 0 Å². The fourth-order valence-corrected chi connectivity index (χ4v) is 4.12. The lowest BCUT2D eigenvalue weighted by Gasteiger charge is -2.13. The molecule has 1 aliphatic rings. The Bertz CT molecular complexity index is 536. The largest absolute Gasteiger partial charge is 0.310 e. The van der Waals surface area contributed by atoms with Crippen molar-refractivity contribution in [3.8, 4) is 5.69 Å². The molecule has 2 unspecified atom stereocenters. The molecule has 112 valence electrons. The number of imidazole rings is 1. The summed E-state index contributed by atoms with van der Waals surface area (Å²) in [6.07, 6.45) is 9.63. The van der Waals surface area contributed by atoms with Gasteiger partial charge in [0.15, 0.2) is 0 Å². The average molecular weight is 301 g/mol. The highest BCUT2D eigenvalue weighted by atomic mass is 32.2. The van der Waals surface area contributed by atoms with E-state index in [1.165, 1.54) is 30.6 Å². The maximum Gasteiger partial charge on any atom is 0.0991 e. The topological polar surface area (TPSA) is 29.9 Å². The highest BCUT2D eigenvalue weighted by Gasteiger charge is 2.23. The van der Waals surface area contributed by atoms with Gasteiger partial charge in [-0.1, -0.05) is 19.1 Å². The summed E-state index contributed by atoms with van der Waals surface area (Å²) in [6, 6.07) is 9.42. The summed E-state index contributed by atoms with van der Waals surface area (Å²) in [5.41, 5.74) is 2.52. The van der Waals surface area contributed by atoms with E-state index in [-0.39, 0.29) is 0 Å². The highest BCUT2D eigenvalue weighted by molar-refractivity contribution is 7.99. The van der Waals surface area contributed by atoms with Crippen molar-refractivity contribution >= 4 is 11.8 Å². The Morgan fingerprint density at radius 1 is 1.29 bits per heavy atom. The number of benzene rings is 1. The van der Waals surface area contributed by atoms with Crippen LogP contribution in [0.2, 0.25) is 0 Å². The molecule has 2 atom stereocenters. The van der Waals surface area contributed by atoms with Crippen LogP contribution in [0.4, 0.5) is 0 Å². The molecule has 0 amide bonds. The van der Waals surface area contributed by atoms with Gasteiger partial charge >= 0.3 is 0 Å². The van der Waals surface area contributed by atoms with Gasteiger partial charge in [0, 0.05) is 35.9 Å². The summed E-state index contributed by atoms with van der Waals surface area (Å²) < 4.78 is 2.03. The number of hydrogen-bond acceptors (Lipinski definition) is 3. The van der Waals surface area contributed by atoms with Gasteiger partial charge in [0.1, 0.15) is 0 Å². The van der Waals surface area contributed by atoms with Crippen molar-refractivity contribution in [1.82, 2.24) is 14.9 Å². The zero-order valence-electron chi connectivity index (χ0n) is 12.5. The van der Waals surface area contributed by atoms with E-state index in [0.29, 0.717) is 6.04 Å². The van der Waals surface area contributed by atoms with Gasteiger partial charge in [0.25, 0.3) is 0 Å². The molecular formula is C17H23N3S. The summed E-state index contributed by atoms with van der Waals surface area (Å²) in [6.45, 7) is 3.23. The molecular weight excluding hydrogens is 278 g/mol. The lowest BCUT2D eigenvalue weighted by Crippen LogP contribution is -2.26. The third-order valence-electron chi connectivity index (χ3n) is 4.12. The molecule has 1 heterocycles. The van der Waals surface area contributed by atoms with Gasteiger partial charge in [-0.15, -0.1) is 0 Å². The van der Waals surface area contributed by atoms with Gasteiger partial charge < -0.3 is 9.88 Å². The van der Waals surface area contributed by atoms with Crippen molar-refractivity contribution in [2.45, 2.75) is 44.0 Å². The summed E-state index contributed by atoms with van der Waals surface area (Å²) >= 11 is 2.12. The Labute approximate surface area is 131 Å². The van der Waals surface area contributed by atoms with E-state index in [2.05, 4.69) is 53.3 Å². The van der Waals surface area contributed by atoms with Crippen LogP contribution in [0.5, 0.6) is 0 Å². The van der Waals surface area contributed by atoms with E-state index < -0.39 is 0 Å². The van der Waals surface area contributed by atoms with Crippen LogP contribution < -0.4 is 5.32 Å². The van der Waals surface area contributed by atoms with Crippen LogP contribution in [-0.4, -0.2) is 26.6 Å². The Morgan fingerprint density at radius 3 is 2.86 bits per heavy atom. The molecule has 4 heteroatoms. The van der Waals surface area contributed by atoms with Crippen LogP contribution in [-0.2, 0) is 6.54 Å². The van der Waals surface area contributed by atoms with Gasteiger partial charge in [-0.2, -0.15) is 11.8 Å². The molecule has 0 bridgehead atoms. The van der Waals surface area contributed by atoms with Gasteiger partial charge in [0.2, 0.25) is 0 Å². The standard InChI is InChI=1S/C17H23N3S/c1-2-21-17-8-5-15(11-17)19-12-14-3-6-16(7-4-14)20-10-9-18-13-20/h3-4,6-7,9-10,13,15,17,19H,2,5,8,11-12H2,1H3. The smallest absolute Gasteiger partial charge is 0.0991 e. The Morgan fingerprint density at radius 2 is 2.14 bits per heavy atom. The first-order valence-electron chi connectivity index (χ1n) is 7.77. The third kappa shape index (κ3) is 3.89. The molecule has 1 aromatic carbocycles. The predicted molar refractivity (Wildman–Crippen MR) is 90.0 cm³/mol. The van der Waals surface area contributed by atoms with Crippen molar-refractivity contribution in [1.29, 1.82) is 0 Å². The minimum atomic E-state index is 0.697. The zero-order chi connectivity index (χ0) is 14.5. The van der Waals surface area contributed by atoms with Crippen LogP contribution in [0.15, 0.2) is 43.0 Å². The lowest BCUT2D eigenvalue weighted by molar-refractivity contribution is 0.525. The fourth-order valence-electron chi connectivity index (χ4n) is 2.97. The maximum atomic E-state index is 4.08. The van der Waals surface area contributed by atoms with Gasteiger partial charge in [-0.3, -0.25) is 0 Å². The molecule has 0 spiro atoms. The molecule has 1 fully saturated rings. The van der Waals surface area contributed by atoms with E-state index in [1.54, 1.807) is 6.20 Å². The summed E-state index contributed by atoms with van der Waals surface area (Å²) in [5, 5.41) is 4.58. The minimum Gasteiger partial charge on any atom is -0.310 e. The Balaban J connectivity index is 1.50. The summed E-state index contributed by atoms with van der Waals surface area (Å²) in [5.74, 6) is 1.24. The number of thioether (sulfide) groups is 1. The first-order chi connectivity index (χ1) is 10.3. The molecule has 1 aromatic heterocycles. The van der Waals surface area contributed by atoms with Gasteiger partial charge in [0.05, 0.1) is 6.33 Å².